The molecule has 0 aromatic carbocycles. The van der Waals surface area contributed by atoms with Gasteiger partial charge in [-0.1, -0.05) is 13.8 Å². The predicted molar refractivity (Wildman–Crippen MR) is 67.3 cm³/mol. The van der Waals surface area contributed by atoms with Crippen LogP contribution in [0.1, 0.15) is 44.9 Å². The highest BCUT2D eigenvalue weighted by Gasteiger charge is 2.29. The average molecular weight is 258 g/mol. The van der Waals surface area contributed by atoms with E-state index in [1.54, 1.807) is 0 Å². The first kappa shape index (κ1) is 12.8. The van der Waals surface area contributed by atoms with Crippen molar-refractivity contribution in [3.05, 3.63) is 11.1 Å². The van der Waals surface area contributed by atoms with Crippen molar-refractivity contribution in [1.82, 2.24) is 14.8 Å². The van der Waals surface area contributed by atoms with Gasteiger partial charge in [0.1, 0.15) is 5.82 Å². The van der Waals surface area contributed by atoms with Crippen LogP contribution in [-0.4, -0.2) is 28.0 Å². The molecule has 96 valence electrons. The molecule has 1 heterocycles. The number of ether oxygens (including phenoxy) is 1. The van der Waals surface area contributed by atoms with Gasteiger partial charge in [-0.05, 0) is 36.8 Å². The zero-order chi connectivity index (χ0) is 12.3. The minimum Gasteiger partial charge on any atom is -0.380 e. The third-order valence-electron chi connectivity index (χ3n) is 2.98. The first-order valence-electron chi connectivity index (χ1n) is 6.35. The molecule has 4 nitrogen and oxygen atoms in total. The van der Waals surface area contributed by atoms with Crippen LogP contribution < -0.4 is 0 Å². The van der Waals surface area contributed by atoms with E-state index in [1.807, 2.05) is 4.57 Å². The van der Waals surface area contributed by atoms with Crippen LogP contribution in [0.25, 0.3) is 0 Å². The summed E-state index contributed by atoms with van der Waals surface area (Å²) in [6, 6.07) is 0. The molecule has 1 aromatic heterocycles. The zero-order valence-corrected chi connectivity index (χ0v) is 11.3. The van der Waals surface area contributed by atoms with Crippen LogP contribution in [-0.2, 0) is 11.3 Å². The van der Waals surface area contributed by atoms with E-state index in [2.05, 4.69) is 24.0 Å². The second-order valence-corrected chi connectivity index (χ2v) is 5.39. The summed E-state index contributed by atoms with van der Waals surface area (Å²) in [6.07, 6.45) is 3.53. The van der Waals surface area contributed by atoms with Gasteiger partial charge in [-0.2, -0.15) is 0 Å². The van der Waals surface area contributed by atoms with E-state index >= 15 is 0 Å². The molecule has 0 aliphatic heterocycles. The smallest absolute Gasteiger partial charge is 0.225 e. The minimum atomic E-state index is 0.486. The number of aromatic nitrogens is 3. The summed E-state index contributed by atoms with van der Waals surface area (Å²) in [5.74, 6) is 2.30. The van der Waals surface area contributed by atoms with Crippen molar-refractivity contribution >= 4 is 11.6 Å². The van der Waals surface area contributed by atoms with Gasteiger partial charge in [-0.25, -0.2) is 0 Å². The second-order valence-electron chi connectivity index (χ2n) is 5.05. The van der Waals surface area contributed by atoms with Crippen LogP contribution in [0, 0.1) is 5.92 Å². The van der Waals surface area contributed by atoms with E-state index in [0.717, 1.165) is 25.4 Å². The topological polar surface area (TPSA) is 39.9 Å². The van der Waals surface area contributed by atoms with Crippen molar-refractivity contribution in [3.8, 4) is 0 Å². The van der Waals surface area contributed by atoms with Crippen molar-refractivity contribution in [2.45, 2.75) is 45.6 Å². The number of halogens is 1. The molecule has 0 spiro atoms. The summed E-state index contributed by atoms with van der Waals surface area (Å²) >= 11 is 6.01. The Labute approximate surface area is 107 Å². The van der Waals surface area contributed by atoms with Gasteiger partial charge in [0.25, 0.3) is 0 Å². The zero-order valence-electron chi connectivity index (χ0n) is 10.5. The Morgan fingerprint density at radius 3 is 2.76 bits per heavy atom. The van der Waals surface area contributed by atoms with Crippen molar-refractivity contribution in [2.24, 2.45) is 5.92 Å². The van der Waals surface area contributed by atoms with Gasteiger partial charge in [0.2, 0.25) is 5.28 Å². The molecule has 0 N–H and O–H groups in total. The van der Waals surface area contributed by atoms with E-state index in [9.17, 15) is 0 Å². The van der Waals surface area contributed by atoms with Crippen molar-refractivity contribution in [2.75, 3.05) is 13.2 Å². The van der Waals surface area contributed by atoms with Gasteiger partial charge in [-0.3, -0.25) is 4.57 Å². The molecule has 0 unspecified atom stereocenters. The van der Waals surface area contributed by atoms with Gasteiger partial charge >= 0.3 is 0 Å². The lowest BCUT2D eigenvalue weighted by Crippen LogP contribution is -2.10. The Morgan fingerprint density at radius 2 is 2.12 bits per heavy atom. The van der Waals surface area contributed by atoms with E-state index in [-0.39, 0.29) is 0 Å². The molecular weight excluding hydrogens is 238 g/mol. The minimum absolute atomic E-state index is 0.486. The van der Waals surface area contributed by atoms with Crippen LogP contribution >= 0.6 is 11.6 Å². The predicted octanol–water partition coefficient (Wildman–Crippen LogP) is 2.87. The summed E-state index contributed by atoms with van der Waals surface area (Å²) in [6.45, 7) is 6.66. The molecule has 1 aliphatic carbocycles. The Hall–Kier alpha value is -0.610. The first-order chi connectivity index (χ1) is 8.18. The summed E-state index contributed by atoms with van der Waals surface area (Å²) in [4.78, 5) is 0. The second kappa shape index (κ2) is 5.83. The molecule has 2 rings (SSSR count). The summed E-state index contributed by atoms with van der Waals surface area (Å²) in [7, 11) is 0. The first-order valence-corrected chi connectivity index (χ1v) is 6.72. The van der Waals surface area contributed by atoms with Crippen LogP contribution in [0.2, 0.25) is 5.28 Å². The highest BCUT2D eigenvalue weighted by Crippen LogP contribution is 2.39. The van der Waals surface area contributed by atoms with Gasteiger partial charge in [0.15, 0.2) is 0 Å². The van der Waals surface area contributed by atoms with Crippen molar-refractivity contribution < 1.29 is 4.74 Å². The Balaban J connectivity index is 1.76. The highest BCUT2D eigenvalue weighted by molar-refractivity contribution is 6.28. The maximum absolute atomic E-state index is 6.01. The number of rotatable bonds is 7. The molecule has 0 radical (unpaired) electrons. The molecule has 1 aliphatic rings. The van der Waals surface area contributed by atoms with Crippen LogP contribution in [0.15, 0.2) is 0 Å². The van der Waals surface area contributed by atoms with Gasteiger partial charge in [0.05, 0.1) is 13.2 Å². The number of nitrogens with zero attached hydrogens (tertiary/aromatic N) is 3. The summed E-state index contributed by atoms with van der Waals surface area (Å²) in [5, 5.41) is 8.54. The quantitative estimate of drug-likeness (QED) is 0.705. The highest BCUT2D eigenvalue weighted by atomic mass is 35.5. The van der Waals surface area contributed by atoms with E-state index in [0.29, 0.717) is 23.7 Å². The SMILES string of the molecule is CC(C)CCOCCn1c(Cl)nnc1C1CC1. The Bertz CT molecular complexity index is 361. The van der Waals surface area contributed by atoms with Crippen LogP contribution in [0.5, 0.6) is 0 Å². The molecule has 0 amide bonds. The molecule has 1 saturated carbocycles. The average Bonchev–Trinajstić information content (AvgIpc) is 3.04. The third kappa shape index (κ3) is 3.68. The Kier molecular flexibility index (Phi) is 4.40. The third-order valence-corrected chi connectivity index (χ3v) is 3.26. The normalized spacial score (nSPS) is 15.8. The van der Waals surface area contributed by atoms with Crippen LogP contribution in [0.4, 0.5) is 0 Å². The fraction of sp³-hybridized carbons (Fsp3) is 0.833. The van der Waals surface area contributed by atoms with Crippen molar-refractivity contribution in [1.29, 1.82) is 0 Å². The maximum Gasteiger partial charge on any atom is 0.225 e. The molecule has 0 saturated heterocycles. The lowest BCUT2D eigenvalue weighted by Gasteiger charge is -2.09. The van der Waals surface area contributed by atoms with E-state index in [1.165, 1.54) is 12.8 Å². The van der Waals surface area contributed by atoms with E-state index in [4.69, 9.17) is 16.3 Å². The summed E-state index contributed by atoms with van der Waals surface area (Å²) in [5.41, 5.74) is 0. The molecule has 0 atom stereocenters. The standard InChI is InChI=1S/C12H20ClN3O/c1-9(2)5-7-17-8-6-16-11(10-3-4-10)14-15-12(16)13/h9-10H,3-8H2,1-2H3. The largest absolute Gasteiger partial charge is 0.380 e. The van der Waals surface area contributed by atoms with Gasteiger partial charge in [-0.15, -0.1) is 10.2 Å². The molecule has 5 heteroatoms. The lowest BCUT2D eigenvalue weighted by atomic mass is 10.1. The Morgan fingerprint density at radius 1 is 1.35 bits per heavy atom. The number of hydrogen-bond donors (Lipinski definition) is 0. The fourth-order valence-corrected chi connectivity index (χ4v) is 1.93. The van der Waals surface area contributed by atoms with Gasteiger partial charge in [0, 0.05) is 12.5 Å². The van der Waals surface area contributed by atoms with Crippen molar-refractivity contribution in [3.63, 3.8) is 0 Å². The molecule has 1 fully saturated rings. The molecular formula is C12H20ClN3O. The maximum atomic E-state index is 6.01. The summed E-state index contributed by atoms with van der Waals surface area (Å²) < 4.78 is 7.57. The molecule has 0 bridgehead atoms. The van der Waals surface area contributed by atoms with E-state index < -0.39 is 0 Å². The van der Waals surface area contributed by atoms with Gasteiger partial charge < -0.3 is 4.74 Å². The molecule has 1 aromatic rings. The van der Waals surface area contributed by atoms with Crippen LogP contribution in [0.3, 0.4) is 0 Å². The lowest BCUT2D eigenvalue weighted by molar-refractivity contribution is 0.115. The fourth-order valence-electron chi connectivity index (χ4n) is 1.72. The monoisotopic (exact) mass is 257 g/mol. The number of hydrogen-bond acceptors (Lipinski definition) is 3. The molecule has 17 heavy (non-hydrogen) atoms.